The second-order valence-electron chi connectivity index (χ2n) is 10.7. The van der Waals surface area contributed by atoms with Gasteiger partial charge in [0.15, 0.2) is 0 Å². The van der Waals surface area contributed by atoms with Gasteiger partial charge in [0.05, 0.1) is 5.69 Å². The number of nitrogens with zero attached hydrogens (tertiary/aromatic N) is 1. The zero-order valence-electron chi connectivity index (χ0n) is 20.2. The van der Waals surface area contributed by atoms with Crippen LogP contribution >= 0.6 is 0 Å². The molecule has 0 atom stereocenters. The van der Waals surface area contributed by atoms with E-state index in [0.717, 1.165) is 0 Å². The van der Waals surface area contributed by atoms with E-state index in [1.54, 1.807) is 0 Å². The molecule has 3 rings (SSSR count). The molecule has 0 amide bonds. The first-order chi connectivity index (χ1) is 13.9. The number of hydrogen-bond donors (Lipinski definition) is 0. The Hall–Kier alpha value is -2.54. The van der Waals surface area contributed by atoms with Crippen molar-refractivity contribution in [1.29, 1.82) is 0 Å². The molecule has 0 aliphatic heterocycles. The Kier molecular flexibility index (Phi) is 5.87. The van der Waals surface area contributed by atoms with Gasteiger partial charge in [0, 0.05) is 11.4 Å². The van der Waals surface area contributed by atoms with Crippen LogP contribution in [0, 0.1) is 20.8 Å². The van der Waals surface area contributed by atoms with Crippen LogP contribution in [0.25, 0.3) is 0 Å². The van der Waals surface area contributed by atoms with Crippen LogP contribution in [0.3, 0.4) is 0 Å². The van der Waals surface area contributed by atoms with E-state index in [4.69, 9.17) is 0 Å². The maximum atomic E-state index is 2.41. The third-order valence-electron chi connectivity index (χ3n) is 5.84. The van der Waals surface area contributed by atoms with Gasteiger partial charge in [-0.25, -0.2) is 0 Å². The van der Waals surface area contributed by atoms with E-state index in [-0.39, 0.29) is 10.8 Å². The van der Waals surface area contributed by atoms with Gasteiger partial charge in [-0.3, -0.25) is 0 Å². The highest BCUT2D eigenvalue weighted by molar-refractivity contribution is 5.80. The normalized spacial score (nSPS) is 12.2. The molecule has 0 saturated carbocycles. The quantitative estimate of drug-likeness (QED) is 0.426. The summed E-state index contributed by atoms with van der Waals surface area (Å²) >= 11 is 0. The fourth-order valence-corrected chi connectivity index (χ4v) is 4.15. The highest BCUT2D eigenvalue weighted by Gasteiger charge is 2.20. The molecular formula is C29H37N. The Morgan fingerprint density at radius 3 is 1.17 bits per heavy atom. The summed E-state index contributed by atoms with van der Waals surface area (Å²) in [6.45, 7) is 20.2. The summed E-state index contributed by atoms with van der Waals surface area (Å²) in [5.41, 5.74) is 10.6. The number of aryl methyl sites for hydroxylation is 3. The van der Waals surface area contributed by atoms with Crippen LogP contribution in [0.15, 0.2) is 60.7 Å². The molecule has 0 spiro atoms. The van der Waals surface area contributed by atoms with E-state index in [2.05, 4.69) is 128 Å². The maximum absolute atomic E-state index is 2.41. The predicted molar refractivity (Wildman–Crippen MR) is 133 cm³/mol. The molecule has 0 saturated heterocycles. The van der Waals surface area contributed by atoms with Crippen LogP contribution in [0.5, 0.6) is 0 Å². The van der Waals surface area contributed by atoms with Crippen molar-refractivity contribution in [2.24, 2.45) is 0 Å². The third kappa shape index (κ3) is 4.61. The van der Waals surface area contributed by atoms with Gasteiger partial charge in [0.1, 0.15) is 0 Å². The molecular weight excluding hydrogens is 362 g/mol. The van der Waals surface area contributed by atoms with Gasteiger partial charge in [-0.15, -0.1) is 0 Å². The summed E-state index contributed by atoms with van der Waals surface area (Å²) in [7, 11) is 0. The first kappa shape index (κ1) is 22.2. The highest BCUT2D eigenvalue weighted by Crippen LogP contribution is 2.40. The van der Waals surface area contributed by atoms with E-state index < -0.39 is 0 Å². The highest BCUT2D eigenvalue weighted by atomic mass is 15.1. The average molecular weight is 400 g/mol. The molecule has 1 nitrogen and oxygen atoms in total. The molecule has 3 aromatic carbocycles. The van der Waals surface area contributed by atoms with E-state index in [1.807, 2.05) is 0 Å². The lowest BCUT2D eigenvalue weighted by atomic mass is 9.86. The zero-order chi connectivity index (χ0) is 22.3. The van der Waals surface area contributed by atoms with E-state index in [1.165, 1.54) is 44.9 Å². The van der Waals surface area contributed by atoms with Crippen molar-refractivity contribution in [1.82, 2.24) is 0 Å². The van der Waals surface area contributed by atoms with Gasteiger partial charge in [0.25, 0.3) is 0 Å². The van der Waals surface area contributed by atoms with Crippen LogP contribution in [0.2, 0.25) is 0 Å². The minimum atomic E-state index is 0.146. The standard InChI is InChI=1S/C29H37N/c1-20-18-21(2)27(22(3)19-20)30(25-14-10-23(11-15-25)28(4,5)6)26-16-12-24(13-17-26)29(7,8)9/h10-19H,1-9H3. The Bertz CT molecular complexity index is 929. The van der Waals surface area contributed by atoms with Crippen molar-refractivity contribution in [2.75, 3.05) is 4.90 Å². The molecule has 1 heteroatoms. The summed E-state index contributed by atoms with van der Waals surface area (Å²) < 4.78 is 0. The summed E-state index contributed by atoms with van der Waals surface area (Å²) in [6, 6.07) is 22.7. The zero-order valence-corrected chi connectivity index (χ0v) is 20.2. The Morgan fingerprint density at radius 1 is 0.533 bits per heavy atom. The summed E-state index contributed by atoms with van der Waals surface area (Å²) in [5.74, 6) is 0. The maximum Gasteiger partial charge on any atom is 0.0520 e. The topological polar surface area (TPSA) is 3.24 Å². The Labute approximate surface area is 183 Å². The summed E-state index contributed by atoms with van der Waals surface area (Å²) in [5, 5.41) is 0. The van der Waals surface area contributed by atoms with Crippen molar-refractivity contribution in [3.63, 3.8) is 0 Å². The minimum absolute atomic E-state index is 0.146. The molecule has 0 unspecified atom stereocenters. The molecule has 30 heavy (non-hydrogen) atoms. The molecule has 158 valence electrons. The van der Waals surface area contributed by atoms with E-state index in [0.29, 0.717) is 0 Å². The molecule has 0 heterocycles. The Morgan fingerprint density at radius 2 is 0.867 bits per heavy atom. The van der Waals surface area contributed by atoms with Crippen LogP contribution in [-0.4, -0.2) is 0 Å². The van der Waals surface area contributed by atoms with Crippen molar-refractivity contribution in [3.8, 4) is 0 Å². The second-order valence-corrected chi connectivity index (χ2v) is 10.7. The van der Waals surface area contributed by atoms with Crippen molar-refractivity contribution in [2.45, 2.75) is 73.1 Å². The smallest absolute Gasteiger partial charge is 0.0520 e. The lowest BCUT2D eigenvalue weighted by Crippen LogP contribution is -2.16. The van der Waals surface area contributed by atoms with Crippen molar-refractivity contribution < 1.29 is 0 Å². The molecule has 0 aromatic heterocycles. The number of rotatable bonds is 3. The monoisotopic (exact) mass is 399 g/mol. The third-order valence-corrected chi connectivity index (χ3v) is 5.84. The lowest BCUT2D eigenvalue weighted by Gasteiger charge is -2.30. The molecule has 0 aliphatic carbocycles. The number of benzene rings is 3. The SMILES string of the molecule is Cc1cc(C)c(N(c2ccc(C(C)(C)C)cc2)c2ccc(C(C)(C)C)cc2)c(C)c1. The summed E-state index contributed by atoms with van der Waals surface area (Å²) in [6.07, 6.45) is 0. The van der Waals surface area contributed by atoms with Gasteiger partial charge in [0.2, 0.25) is 0 Å². The average Bonchev–Trinajstić information content (AvgIpc) is 2.63. The van der Waals surface area contributed by atoms with Gasteiger partial charge in [-0.1, -0.05) is 83.5 Å². The molecule has 0 fully saturated rings. The fourth-order valence-electron chi connectivity index (χ4n) is 4.15. The van der Waals surface area contributed by atoms with E-state index in [9.17, 15) is 0 Å². The van der Waals surface area contributed by atoms with E-state index >= 15 is 0 Å². The lowest BCUT2D eigenvalue weighted by molar-refractivity contribution is 0.590. The minimum Gasteiger partial charge on any atom is -0.310 e. The first-order valence-corrected chi connectivity index (χ1v) is 11.0. The van der Waals surface area contributed by atoms with Gasteiger partial charge in [-0.2, -0.15) is 0 Å². The van der Waals surface area contributed by atoms with Crippen LogP contribution in [-0.2, 0) is 10.8 Å². The molecule has 0 aliphatic rings. The van der Waals surface area contributed by atoms with Gasteiger partial charge in [-0.05, 0) is 78.1 Å². The van der Waals surface area contributed by atoms with Crippen molar-refractivity contribution in [3.05, 3.63) is 88.5 Å². The van der Waals surface area contributed by atoms with Crippen LogP contribution in [0.4, 0.5) is 17.1 Å². The Balaban J connectivity index is 2.18. The largest absolute Gasteiger partial charge is 0.310 e. The first-order valence-electron chi connectivity index (χ1n) is 11.0. The fraction of sp³-hybridized carbons (Fsp3) is 0.379. The number of anilines is 3. The molecule has 0 radical (unpaired) electrons. The van der Waals surface area contributed by atoms with Crippen molar-refractivity contribution >= 4 is 17.1 Å². The molecule has 0 N–H and O–H groups in total. The number of hydrogen-bond acceptors (Lipinski definition) is 1. The van der Waals surface area contributed by atoms with Gasteiger partial charge < -0.3 is 4.90 Å². The second kappa shape index (κ2) is 7.95. The van der Waals surface area contributed by atoms with Crippen LogP contribution in [0.1, 0.15) is 69.4 Å². The molecule has 0 bridgehead atoms. The summed E-state index contributed by atoms with van der Waals surface area (Å²) in [4.78, 5) is 2.41. The van der Waals surface area contributed by atoms with Crippen LogP contribution < -0.4 is 4.90 Å². The van der Waals surface area contributed by atoms with Gasteiger partial charge >= 0.3 is 0 Å². The predicted octanol–water partition coefficient (Wildman–Crippen LogP) is 8.68. The molecule has 3 aromatic rings.